The Hall–Kier alpha value is -2.81. The maximum atomic E-state index is 12.9. The fraction of sp³-hybridized carbons (Fsp3) is 0.435. The molecular weight excluding hydrogens is 457 g/mol. The monoisotopic (exact) mass is 482 g/mol. The molecule has 4 rings (SSSR count). The summed E-state index contributed by atoms with van der Waals surface area (Å²) in [6.07, 6.45) is -3.57. The number of piperazine rings is 1. The number of halogens is 4. The molecule has 0 bridgehead atoms. The van der Waals surface area contributed by atoms with Crippen molar-refractivity contribution in [3.05, 3.63) is 58.8 Å². The fourth-order valence-electron chi connectivity index (χ4n) is 4.42. The van der Waals surface area contributed by atoms with Crippen LogP contribution in [0.3, 0.4) is 0 Å². The van der Waals surface area contributed by atoms with E-state index in [1.807, 2.05) is 24.0 Å². The van der Waals surface area contributed by atoms with Crippen molar-refractivity contribution >= 4 is 30.0 Å². The van der Waals surface area contributed by atoms with Crippen molar-refractivity contribution in [2.45, 2.75) is 25.9 Å². The molecule has 2 aliphatic heterocycles. The van der Waals surface area contributed by atoms with E-state index < -0.39 is 11.7 Å². The highest BCUT2D eigenvalue weighted by molar-refractivity contribution is 5.94. The number of carbonyl (C=O) groups is 2. The Balaban J connectivity index is 0.00000306. The SMILES string of the molecule is Cc1cc(C(F)(F)F)cnc1N1CCN(C(=O)c2ccc([C@@H]3C(=O)NCC3C)cc2)CC1.Cl. The zero-order valence-corrected chi connectivity index (χ0v) is 19.2. The predicted octanol–water partition coefficient (Wildman–Crippen LogP) is 3.64. The fourth-order valence-corrected chi connectivity index (χ4v) is 4.42. The third kappa shape index (κ3) is 5.08. The minimum Gasteiger partial charge on any atom is -0.355 e. The molecule has 2 saturated heterocycles. The highest BCUT2D eigenvalue weighted by Crippen LogP contribution is 2.32. The van der Waals surface area contributed by atoms with Gasteiger partial charge in [0, 0.05) is 44.5 Å². The van der Waals surface area contributed by atoms with Crippen molar-refractivity contribution in [3.8, 4) is 0 Å². The number of hydrogen-bond acceptors (Lipinski definition) is 4. The summed E-state index contributed by atoms with van der Waals surface area (Å²) in [5, 5.41) is 2.86. The number of aromatic nitrogens is 1. The van der Waals surface area contributed by atoms with Gasteiger partial charge in [-0.1, -0.05) is 19.1 Å². The van der Waals surface area contributed by atoms with Crippen LogP contribution in [0.2, 0.25) is 0 Å². The Morgan fingerprint density at radius 3 is 2.27 bits per heavy atom. The number of aryl methyl sites for hydroxylation is 1. The van der Waals surface area contributed by atoms with E-state index in [4.69, 9.17) is 0 Å². The first-order chi connectivity index (χ1) is 15.1. The number of anilines is 1. The number of benzene rings is 1. The normalized spacial score (nSPS) is 20.9. The maximum absolute atomic E-state index is 12.9. The summed E-state index contributed by atoms with van der Waals surface area (Å²) in [5.41, 5.74) is 1.15. The number of nitrogens with zero attached hydrogens (tertiary/aromatic N) is 3. The number of rotatable bonds is 3. The van der Waals surface area contributed by atoms with Gasteiger partial charge in [0.1, 0.15) is 5.82 Å². The van der Waals surface area contributed by atoms with E-state index in [0.717, 1.165) is 17.8 Å². The molecule has 2 aromatic rings. The molecule has 2 amide bonds. The molecule has 0 radical (unpaired) electrons. The second-order valence-electron chi connectivity index (χ2n) is 8.46. The summed E-state index contributed by atoms with van der Waals surface area (Å²) < 4.78 is 38.6. The molecule has 3 heterocycles. The lowest BCUT2D eigenvalue weighted by Gasteiger charge is -2.36. The number of nitrogens with one attached hydrogen (secondary N) is 1. The lowest BCUT2D eigenvalue weighted by Crippen LogP contribution is -2.49. The molecule has 0 aliphatic carbocycles. The summed E-state index contributed by atoms with van der Waals surface area (Å²) in [5.74, 6) is 0.442. The van der Waals surface area contributed by atoms with E-state index >= 15 is 0 Å². The molecule has 178 valence electrons. The van der Waals surface area contributed by atoms with Crippen molar-refractivity contribution in [1.82, 2.24) is 15.2 Å². The number of carbonyl (C=O) groups excluding carboxylic acids is 2. The average Bonchev–Trinajstić information content (AvgIpc) is 3.11. The smallest absolute Gasteiger partial charge is 0.355 e. The summed E-state index contributed by atoms with van der Waals surface area (Å²) in [6, 6.07) is 8.29. The summed E-state index contributed by atoms with van der Waals surface area (Å²) >= 11 is 0. The largest absolute Gasteiger partial charge is 0.417 e. The van der Waals surface area contributed by atoms with Crippen LogP contribution in [0, 0.1) is 12.8 Å². The maximum Gasteiger partial charge on any atom is 0.417 e. The van der Waals surface area contributed by atoms with Crippen LogP contribution < -0.4 is 10.2 Å². The number of hydrogen-bond donors (Lipinski definition) is 1. The van der Waals surface area contributed by atoms with Crippen LogP contribution in [0.25, 0.3) is 0 Å². The van der Waals surface area contributed by atoms with Crippen LogP contribution in [0.4, 0.5) is 19.0 Å². The van der Waals surface area contributed by atoms with Crippen LogP contribution in [0.5, 0.6) is 0 Å². The van der Waals surface area contributed by atoms with Crippen LogP contribution in [0.15, 0.2) is 36.5 Å². The zero-order valence-electron chi connectivity index (χ0n) is 18.4. The summed E-state index contributed by atoms with van der Waals surface area (Å²) in [4.78, 5) is 32.6. The Bertz CT molecular complexity index is 1020. The standard InChI is InChI=1S/C23H25F3N4O2.ClH/c1-14-11-18(23(24,25)26)13-27-20(14)29-7-9-30(10-8-29)22(32)17-5-3-16(4-6-17)19-15(2)12-28-21(19)31;/h3-6,11,13,15,19H,7-10,12H2,1-2H3,(H,28,31);1H/t15?,19-;/m1./s1. The van der Waals surface area contributed by atoms with Gasteiger partial charge in [-0.15, -0.1) is 12.4 Å². The van der Waals surface area contributed by atoms with E-state index in [9.17, 15) is 22.8 Å². The van der Waals surface area contributed by atoms with Crippen LogP contribution in [-0.2, 0) is 11.0 Å². The number of amides is 2. The van der Waals surface area contributed by atoms with Gasteiger partial charge in [-0.3, -0.25) is 9.59 Å². The van der Waals surface area contributed by atoms with Gasteiger partial charge < -0.3 is 15.1 Å². The minimum atomic E-state index is -4.42. The molecule has 2 fully saturated rings. The molecule has 2 aliphatic rings. The molecule has 10 heteroatoms. The first-order valence-corrected chi connectivity index (χ1v) is 10.6. The van der Waals surface area contributed by atoms with Crippen LogP contribution >= 0.6 is 12.4 Å². The molecule has 33 heavy (non-hydrogen) atoms. The summed E-state index contributed by atoms with van der Waals surface area (Å²) in [7, 11) is 0. The highest BCUT2D eigenvalue weighted by atomic mass is 35.5. The van der Waals surface area contributed by atoms with Crippen LogP contribution in [-0.4, -0.2) is 54.4 Å². The van der Waals surface area contributed by atoms with Crippen molar-refractivity contribution in [1.29, 1.82) is 0 Å². The lowest BCUT2D eigenvalue weighted by atomic mass is 9.89. The molecule has 1 unspecified atom stereocenters. The van der Waals surface area contributed by atoms with Crippen molar-refractivity contribution in [3.63, 3.8) is 0 Å². The van der Waals surface area contributed by atoms with Gasteiger partial charge in [0.2, 0.25) is 5.91 Å². The Morgan fingerprint density at radius 2 is 1.76 bits per heavy atom. The van der Waals surface area contributed by atoms with E-state index in [1.165, 1.54) is 0 Å². The second-order valence-corrected chi connectivity index (χ2v) is 8.46. The van der Waals surface area contributed by atoms with Gasteiger partial charge in [-0.2, -0.15) is 13.2 Å². The first kappa shape index (κ1) is 24.8. The first-order valence-electron chi connectivity index (χ1n) is 10.6. The molecule has 2 atom stereocenters. The van der Waals surface area contributed by atoms with Gasteiger partial charge in [-0.25, -0.2) is 4.98 Å². The summed E-state index contributed by atoms with van der Waals surface area (Å²) in [6.45, 7) is 6.17. The molecular formula is C23H26ClF3N4O2. The van der Waals surface area contributed by atoms with Crippen molar-refractivity contribution in [2.75, 3.05) is 37.6 Å². The predicted molar refractivity (Wildman–Crippen MR) is 121 cm³/mol. The van der Waals surface area contributed by atoms with Gasteiger partial charge >= 0.3 is 6.18 Å². The van der Waals surface area contributed by atoms with Gasteiger partial charge in [0.25, 0.3) is 5.91 Å². The molecule has 0 saturated carbocycles. The third-order valence-corrected chi connectivity index (χ3v) is 6.21. The molecule has 1 aromatic heterocycles. The topological polar surface area (TPSA) is 65.5 Å². The average molecular weight is 483 g/mol. The zero-order chi connectivity index (χ0) is 23.0. The quantitative estimate of drug-likeness (QED) is 0.725. The van der Waals surface area contributed by atoms with Gasteiger partial charge in [0.05, 0.1) is 11.5 Å². The number of pyridine rings is 1. The van der Waals surface area contributed by atoms with E-state index in [0.29, 0.717) is 49.7 Å². The van der Waals surface area contributed by atoms with E-state index in [1.54, 1.807) is 24.0 Å². The highest BCUT2D eigenvalue weighted by Gasteiger charge is 2.33. The minimum absolute atomic E-state index is 0. The third-order valence-electron chi connectivity index (χ3n) is 6.21. The molecule has 1 aromatic carbocycles. The Labute approximate surface area is 196 Å². The molecule has 0 spiro atoms. The van der Waals surface area contributed by atoms with Gasteiger partial charge in [0.15, 0.2) is 0 Å². The number of alkyl halides is 3. The van der Waals surface area contributed by atoms with Crippen molar-refractivity contribution < 1.29 is 22.8 Å². The van der Waals surface area contributed by atoms with E-state index in [2.05, 4.69) is 10.3 Å². The van der Waals surface area contributed by atoms with Crippen LogP contribution in [0.1, 0.15) is 39.9 Å². The second kappa shape index (κ2) is 9.59. The van der Waals surface area contributed by atoms with Crippen molar-refractivity contribution in [2.24, 2.45) is 5.92 Å². The molecule has 6 nitrogen and oxygen atoms in total. The van der Waals surface area contributed by atoms with Gasteiger partial charge in [-0.05, 0) is 42.2 Å². The Morgan fingerprint density at radius 1 is 1.12 bits per heavy atom. The van der Waals surface area contributed by atoms with E-state index in [-0.39, 0.29) is 36.1 Å². The molecule has 1 N–H and O–H groups in total. The Kier molecular flexibility index (Phi) is 7.21. The lowest BCUT2D eigenvalue weighted by molar-refractivity contribution is -0.137.